The molecule has 1 fully saturated rings. The molecule has 0 aliphatic carbocycles. The topological polar surface area (TPSA) is 54.0 Å². The van der Waals surface area contributed by atoms with Gasteiger partial charge in [0.2, 0.25) is 0 Å². The van der Waals surface area contributed by atoms with E-state index < -0.39 is 0 Å². The first-order chi connectivity index (χ1) is 8.34. The number of aromatic nitrogens is 1. The van der Waals surface area contributed by atoms with Gasteiger partial charge in [-0.1, -0.05) is 24.3 Å². The molecule has 1 aromatic heterocycles. The van der Waals surface area contributed by atoms with E-state index in [1.807, 2.05) is 30.3 Å². The quantitative estimate of drug-likeness (QED) is 0.802. The van der Waals surface area contributed by atoms with Gasteiger partial charge in [-0.15, -0.1) is 0 Å². The van der Waals surface area contributed by atoms with Crippen molar-refractivity contribution in [2.75, 3.05) is 13.1 Å². The smallest absolute Gasteiger partial charge is 0.270 e. The van der Waals surface area contributed by atoms with Crippen LogP contribution >= 0.6 is 0 Å². The van der Waals surface area contributed by atoms with E-state index in [1.165, 1.54) is 0 Å². The standard InChI is InChI=1S/C13H13N3O/c17-13(16-10-7-14-8-10)12-11-4-2-1-3-9(11)5-6-15-12/h1-6,10,14H,7-8H2,(H,16,17). The maximum Gasteiger partial charge on any atom is 0.270 e. The summed E-state index contributed by atoms with van der Waals surface area (Å²) in [5.41, 5.74) is 0.509. The summed E-state index contributed by atoms with van der Waals surface area (Å²) in [5, 5.41) is 8.02. The van der Waals surface area contributed by atoms with E-state index in [0.717, 1.165) is 23.9 Å². The van der Waals surface area contributed by atoms with E-state index >= 15 is 0 Å². The zero-order valence-electron chi connectivity index (χ0n) is 9.31. The van der Waals surface area contributed by atoms with Crippen LogP contribution in [0.3, 0.4) is 0 Å². The minimum absolute atomic E-state index is 0.0895. The van der Waals surface area contributed by atoms with E-state index in [2.05, 4.69) is 15.6 Å². The first-order valence-electron chi connectivity index (χ1n) is 5.70. The first-order valence-corrected chi connectivity index (χ1v) is 5.70. The molecule has 0 radical (unpaired) electrons. The Morgan fingerprint density at radius 3 is 2.88 bits per heavy atom. The van der Waals surface area contributed by atoms with Crippen LogP contribution in [0.1, 0.15) is 10.5 Å². The number of amides is 1. The van der Waals surface area contributed by atoms with Gasteiger partial charge in [0.15, 0.2) is 0 Å². The number of hydrogen-bond acceptors (Lipinski definition) is 3. The molecule has 1 aliphatic heterocycles. The summed E-state index contributed by atoms with van der Waals surface area (Å²) in [6.07, 6.45) is 1.68. The van der Waals surface area contributed by atoms with E-state index in [1.54, 1.807) is 6.20 Å². The fraction of sp³-hybridized carbons (Fsp3) is 0.231. The predicted molar refractivity (Wildman–Crippen MR) is 65.9 cm³/mol. The van der Waals surface area contributed by atoms with Gasteiger partial charge >= 0.3 is 0 Å². The average Bonchev–Trinajstić information content (AvgIpc) is 2.33. The Bertz CT molecular complexity index is 558. The van der Waals surface area contributed by atoms with Crippen molar-refractivity contribution < 1.29 is 4.79 Å². The lowest BCUT2D eigenvalue weighted by atomic mass is 10.1. The summed E-state index contributed by atoms with van der Waals surface area (Å²) >= 11 is 0. The largest absolute Gasteiger partial charge is 0.345 e. The molecule has 0 saturated carbocycles. The molecule has 1 amide bonds. The number of nitrogens with zero attached hydrogens (tertiary/aromatic N) is 1. The minimum atomic E-state index is -0.0895. The van der Waals surface area contributed by atoms with Gasteiger partial charge in [-0.3, -0.25) is 9.78 Å². The van der Waals surface area contributed by atoms with Crippen molar-refractivity contribution in [3.05, 3.63) is 42.2 Å². The van der Waals surface area contributed by atoms with E-state index in [0.29, 0.717) is 5.69 Å². The van der Waals surface area contributed by atoms with E-state index in [4.69, 9.17) is 0 Å². The van der Waals surface area contributed by atoms with Gasteiger partial charge in [0, 0.05) is 24.7 Å². The number of hydrogen-bond donors (Lipinski definition) is 2. The van der Waals surface area contributed by atoms with Gasteiger partial charge in [-0.2, -0.15) is 0 Å². The highest BCUT2D eigenvalue weighted by molar-refractivity contribution is 6.05. The maximum atomic E-state index is 12.1. The molecule has 1 aromatic carbocycles. The number of rotatable bonds is 2. The number of nitrogens with one attached hydrogen (secondary N) is 2. The lowest BCUT2D eigenvalue weighted by Gasteiger charge is -2.27. The zero-order valence-corrected chi connectivity index (χ0v) is 9.31. The molecular weight excluding hydrogens is 214 g/mol. The Labute approximate surface area is 99.0 Å². The van der Waals surface area contributed by atoms with Crippen LogP contribution in [0.15, 0.2) is 36.5 Å². The first kappa shape index (κ1) is 10.2. The van der Waals surface area contributed by atoms with Gasteiger partial charge in [-0.05, 0) is 11.5 Å². The van der Waals surface area contributed by atoms with Crippen LogP contribution < -0.4 is 10.6 Å². The Balaban J connectivity index is 1.95. The molecule has 0 spiro atoms. The molecule has 3 rings (SSSR count). The molecule has 17 heavy (non-hydrogen) atoms. The highest BCUT2D eigenvalue weighted by Gasteiger charge is 2.21. The van der Waals surface area contributed by atoms with Crippen molar-refractivity contribution >= 4 is 16.7 Å². The predicted octanol–water partition coefficient (Wildman–Crippen LogP) is 0.936. The third-order valence-corrected chi connectivity index (χ3v) is 3.01. The fourth-order valence-electron chi connectivity index (χ4n) is 1.95. The second-order valence-electron chi connectivity index (χ2n) is 4.21. The van der Waals surface area contributed by atoms with Crippen molar-refractivity contribution in [1.82, 2.24) is 15.6 Å². The van der Waals surface area contributed by atoms with Crippen molar-refractivity contribution in [1.29, 1.82) is 0 Å². The molecular formula is C13H13N3O. The molecule has 1 aliphatic rings. The number of pyridine rings is 1. The third kappa shape index (κ3) is 1.87. The zero-order chi connectivity index (χ0) is 11.7. The Hall–Kier alpha value is -1.94. The molecule has 0 unspecified atom stereocenters. The SMILES string of the molecule is O=C(NC1CNC1)c1nccc2ccccc12. The Kier molecular flexibility index (Phi) is 2.49. The monoisotopic (exact) mass is 227 g/mol. The molecule has 4 nitrogen and oxygen atoms in total. The van der Waals surface area contributed by atoms with Crippen LogP contribution in [0.25, 0.3) is 10.8 Å². The maximum absolute atomic E-state index is 12.1. The average molecular weight is 227 g/mol. The highest BCUT2D eigenvalue weighted by atomic mass is 16.2. The van der Waals surface area contributed by atoms with Crippen molar-refractivity contribution in [2.24, 2.45) is 0 Å². The van der Waals surface area contributed by atoms with Crippen molar-refractivity contribution in [3.8, 4) is 0 Å². The molecule has 0 bridgehead atoms. The summed E-state index contributed by atoms with van der Waals surface area (Å²) in [6, 6.07) is 9.95. The summed E-state index contributed by atoms with van der Waals surface area (Å²) in [6.45, 7) is 1.69. The number of carbonyl (C=O) groups is 1. The van der Waals surface area contributed by atoms with Gasteiger partial charge in [0.05, 0.1) is 6.04 Å². The van der Waals surface area contributed by atoms with Gasteiger partial charge in [0.1, 0.15) is 5.69 Å². The van der Waals surface area contributed by atoms with Crippen LogP contribution in [-0.4, -0.2) is 30.0 Å². The van der Waals surface area contributed by atoms with E-state index in [9.17, 15) is 4.79 Å². The summed E-state index contributed by atoms with van der Waals surface area (Å²) in [7, 11) is 0. The van der Waals surface area contributed by atoms with Crippen molar-refractivity contribution in [3.63, 3.8) is 0 Å². The second-order valence-corrected chi connectivity index (χ2v) is 4.21. The highest BCUT2D eigenvalue weighted by Crippen LogP contribution is 2.16. The third-order valence-electron chi connectivity index (χ3n) is 3.01. The molecule has 86 valence electrons. The number of benzene rings is 1. The molecule has 2 aromatic rings. The molecule has 4 heteroatoms. The Morgan fingerprint density at radius 2 is 2.12 bits per heavy atom. The summed E-state index contributed by atoms with van der Waals surface area (Å²) in [5.74, 6) is -0.0895. The van der Waals surface area contributed by atoms with Crippen LogP contribution in [-0.2, 0) is 0 Å². The van der Waals surface area contributed by atoms with Crippen LogP contribution in [0.2, 0.25) is 0 Å². The lowest BCUT2D eigenvalue weighted by Crippen LogP contribution is -2.57. The summed E-state index contributed by atoms with van der Waals surface area (Å²) in [4.78, 5) is 16.2. The van der Waals surface area contributed by atoms with Gasteiger partial charge in [0.25, 0.3) is 5.91 Å². The molecule has 2 heterocycles. The molecule has 2 N–H and O–H groups in total. The summed E-state index contributed by atoms with van der Waals surface area (Å²) < 4.78 is 0. The normalized spacial score (nSPS) is 15.5. The number of fused-ring (bicyclic) bond motifs is 1. The molecule has 0 atom stereocenters. The Morgan fingerprint density at radius 1 is 1.29 bits per heavy atom. The van der Waals surface area contributed by atoms with Gasteiger partial charge in [-0.25, -0.2) is 0 Å². The van der Waals surface area contributed by atoms with Crippen LogP contribution in [0.4, 0.5) is 0 Å². The van der Waals surface area contributed by atoms with Crippen LogP contribution in [0, 0.1) is 0 Å². The van der Waals surface area contributed by atoms with E-state index in [-0.39, 0.29) is 11.9 Å². The van der Waals surface area contributed by atoms with Crippen LogP contribution in [0.5, 0.6) is 0 Å². The number of carbonyl (C=O) groups excluding carboxylic acids is 1. The van der Waals surface area contributed by atoms with Crippen molar-refractivity contribution in [2.45, 2.75) is 6.04 Å². The van der Waals surface area contributed by atoms with Gasteiger partial charge < -0.3 is 10.6 Å². The lowest BCUT2D eigenvalue weighted by molar-refractivity contribution is 0.0921. The second kappa shape index (κ2) is 4.14. The molecule has 1 saturated heterocycles. The minimum Gasteiger partial charge on any atom is -0.345 e. The fourth-order valence-corrected chi connectivity index (χ4v) is 1.95.